The third kappa shape index (κ3) is 12.8. The minimum absolute atomic E-state index is 0.0792. The van der Waals surface area contributed by atoms with E-state index in [1.807, 2.05) is 176 Å². The van der Waals surface area contributed by atoms with E-state index in [1.54, 1.807) is 19.1 Å². The Morgan fingerprint density at radius 2 is 0.903 bits per heavy atom. The highest BCUT2D eigenvalue weighted by atomic mass is 16.7. The van der Waals surface area contributed by atoms with Gasteiger partial charge < -0.3 is 42.8 Å². The molecular weight excluding hydrogens is 783 g/mol. The Labute approximate surface area is 364 Å². The molecule has 1 aliphatic rings. The Morgan fingerprint density at radius 1 is 0.500 bits per heavy atom. The number of nitrogens with zero attached hydrogens (tertiary/aromatic N) is 1. The molecule has 322 valence electrons. The monoisotopic (exact) mass is 837 g/mol. The molecular formula is C52H55NO9. The molecule has 0 aliphatic carbocycles. The maximum Gasteiger partial charge on any atom is 0.410 e. The van der Waals surface area contributed by atoms with E-state index in [0.29, 0.717) is 6.61 Å². The van der Waals surface area contributed by atoms with Crippen molar-refractivity contribution in [3.05, 3.63) is 209 Å². The van der Waals surface area contributed by atoms with Crippen molar-refractivity contribution in [3.8, 4) is 5.75 Å². The molecule has 0 N–H and O–H groups in total. The molecule has 0 unspecified atom stereocenters. The minimum Gasteiger partial charge on any atom is -0.497 e. The molecule has 10 nitrogen and oxygen atoms in total. The molecule has 0 saturated carbocycles. The molecule has 1 amide bonds. The van der Waals surface area contributed by atoms with Crippen molar-refractivity contribution >= 4 is 6.09 Å². The zero-order valence-electron chi connectivity index (χ0n) is 35.3. The third-order valence-electron chi connectivity index (χ3n) is 10.7. The topological polar surface area (TPSA) is 94.2 Å². The van der Waals surface area contributed by atoms with Crippen molar-refractivity contribution in [1.29, 1.82) is 0 Å². The predicted octanol–water partition coefficient (Wildman–Crippen LogP) is 9.55. The van der Waals surface area contributed by atoms with E-state index in [4.69, 9.17) is 37.9 Å². The van der Waals surface area contributed by atoms with Crippen LogP contribution in [0.5, 0.6) is 5.75 Å². The molecule has 1 saturated heterocycles. The van der Waals surface area contributed by atoms with Crippen LogP contribution in [0.2, 0.25) is 0 Å². The van der Waals surface area contributed by atoms with Gasteiger partial charge in [-0.05, 0) is 45.5 Å². The lowest BCUT2D eigenvalue weighted by Gasteiger charge is -2.49. The van der Waals surface area contributed by atoms with Gasteiger partial charge in [-0.25, -0.2) is 4.79 Å². The van der Waals surface area contributed by atoms with E-state index < -0.39 is 42.8 Å². The van der Waals surface area contributed by atoms with Crippen LogP contribution >= 0.6 is 0 Å². The second-order valence-corrected chi connectivity index (χ2v) is 15.1. The average Bonchev–Trinajstić information content (AvgIpc) is 3.33. The molecule has 1 aliphatic heterocycles. The maximum atomic E-state index is 14.1. The van der Waals surface area contributed by atoms with Crippen LogP contribution in [0.15, 0.2) is 176 Å². The van der Waals surface area contributed by atoms with Crippen LogP contribution in [0.3, 0.4) is 0 Å². The molecule has 0 radical (unpaired) electrons. The Kier molecular flexibility index (Phi) is 16.7. The van der Waals surface area contributed by atoms with Crippen LogP contribution in [0, 0.1) is 0 Å². The fourth-order valence-corrected chi connectivity index (χ4v) is 7.29. The molecule has 0 spiro atoms. The maximum absolute atomic E-state index is 14.1. The first-order valence-corrected chi connectivity index (χ1v) is 21.0. The van der Waals surface area contributed by atoms with Crippen LogP contribution in [-0.2, 0) is 72.8 Å². The largest absolute Gasteiger partial charge is 0.497 e. The third-order valence-corrected chi connectivity index (χ3v) is 10.7. The van der Waals surface area contributed by atoms with Crippen LogP contribution < -0.4 is 4.74 Å². The average molecular weight is 838 g/mol. The van der Waals surface area contributed by atoms with E-state index in [9.17, 15) is 4.79 Å². The van der Waals surface area contributed by atoms with Gasteiger partial charge in [0.05, 0.1) is 52.8 Å². The zero-order chi connectivity index (χ0) is 42.8. The van der Waals surface area contributed by atoms with E-state index in [1.165, 1.54) is 0 Å². The van der Waals surface area contributed by atoms with E-state index in [-0.39, 0.29) is 39.6 Å². The van der Waals surface area contributed by atoms with Crippen molar-refractivity contribution in [3.63, 3.8) is 0 Å². The van der Waals surface area contributed by atoms with Crippen molar-refractivity contribution in [2.24, 2.45) is 0 Å². The van der Waals surface area contributed by atoms with Gasteiger partial charge in [0.15, 0.2) is 6.29 Å². The summed E-state index contributed by atoms with van der Waals surface area (Å²) in [5.74, 6) is 0.743. The first-order chi connectivity index (χ1) is 30.5. The summed E-state index contributed by atoms with van der Waals surface area (Å²) in [6, 6.07) is 56.3. The van der Waals surface area contributed by atoms with E-state index in [0.717, 1.165) is 39.1 Å². The Balaban J connectivity index is 1.27. The summed E-state index contributed by atoms with van der Waals surface area (Å²) in [5, 5.41) is 0. The lowest BCUT2D eigenvalue weighted by Crippen LogP contribution is -2.66. The Hall–Kier alpha value is -5.85. The number of methoxy groups -OCH3 is 1. The highest BCUT2D eigenvalue weighted by molar-refractivity contribution is 5.67. The Morgan fingerprint density at radius 3 is 1.39 bits per heavy atom. The van der Waals surface area contributed by atoms with Crippen LogP contribution in [0.4, 0.5) is 4.79 Å². The summed E-state index contributed by atoms with van der Waals surface area (Å²) < 4.78 is 52.5. The number of ether oxygens (including phenoxy) is 8. The SMILES string of the molecule is COc1ccc(CO[C@H]2[C@@H](OCc3ccccc3)O[C@H]([C@H](COCc3ccccc3)N(C)C(=O)OCc3ccccc3)[C@@H](OCc3ccccc3)[C@@H]2OCc2ccccc2)cc1. The van der Waals surface area contributed by atoms with Gasteiger partial charge in [-0.1, -0.05) is 164 Å². The quantitative estimate of drug-likeness (QED) is 0.0703. The number of rotatable bonds is 21. The predicted molar refractivity (Wildman–Crippen MR) is 236 cm³/mol. The lowest BCUT2D eigenvalue weighted by molar-refractivity contribution is -0.333. The fraction of sp³-hybridized carbons (Fsp3) is 0.288. The molecule has 1 fully saturated rings. The fourth-order valence-electron chi connectivity index (χ4n) is 7.29. The first kappa shape index (κ1) is 44.2. The second kappa shape index (κ2) is 23.4. The lowest BCUT2D eigenvalue weighted by atomic mass is 9.92. The molecule has 6 atom stereocenters. The number of carbonyl (C=O) groups excluding carboxylic acids is 1. The summed E-state index contributed by atoms with van der Waals surface area (Å²) in [5.41, 5.74) is 5.66. The van der Waals surface area contributed by atoms with Crippen LogP contribution in [-0.4, -0.2) is 68.5 Å². The van der Waals surface area contributed by atoms with Gasteiger partial charge in [0.25, 0.3) is 0 Å². The highest BCUT2D eigenvalue weighted by Crippen LogP contribution is 2.35. The van der Waals surface area contributed by atoms with Crippen LogP contribution in [0.1, 0.15) is 33.4 Å². The van der Waals surface area contributed by atoms with Gasteiger partial charge in [-0.2, -0.15) is 0 Å². The molecule has 6 aromatic carbocycles. The van der Waals surface area contributed by atoms with E-state index >= 15 is 0 Å². The summed E-state index contributed by atoms with van der Waals surface area (Å²) in [6.07, 6.45) is -4.72. The van der Waals surface area contributed by atoms with Crippen molar-refractivity contribution in [2.45, 2.75) is 76.4 Å². The number of carbonyl (C=O) groups is 1. The molecule has 0 aromatic heterocycles. The van der Waals surface area contributed by atoms with Crippen LogP contribution in [0.25, 0.3) is 0 Å². The van der Waals surface area contributed by atoms with Gasteiger partial charge in [0, 0.05) is 7.05 Å². The summed E-state index contributed by atoms with van der Waals surface area (Å²) in [4.78, 5) is 15.7. The van der Waals surface area contributed by atoms with Gasteiger partial charge in [-0.3, -0.25) is 0 Å². The van der Waals surface area contributed by atoms with Crippen molar-refractivity contribution < 1.29 is 42.7 Å². The van der Waals surface area contributed by atoms with Gasteiger partial charge >= 0.3 is 6.09 Å². The van der Waals surface area contributed by atoms with Crippen molar-refractivity contribution in [1.82, 2.24) is 4.90 Å². The van der Waals surface area contributed by atoms with Gasteiger partial charge in [0.2, 0.25) is 0 Å². The standard InChI is InChI=1S/C52H55NO9/c1-53(52(54)61-37-43-26-16-7-17-27-43)46(38-56-32-39-18-8-3-9-19-39)47-48(57-33-40-20-10-4-11-21-40)49(58-34-41-22-12-5-13-23-41)50(59-35-44-28-30-45(55-2)31-29-44)51(62-47)60-36-42-24-14-6-15-25-42/h3-31,46-51H,32-38H2,1-2H3/t46-,47+,48+,49-,50+,51-/m0/s1. The van der Waals surface area contributed by atoms with Crippen molar-refractivity contribution in [2.75, 3.05) is 20.8 Å². The first-order valence-electron chi connectivity index (χ1n) is 21.0. The number of benzene rings is 6. The summed E-state index contributed by atoms with van der Waals surface area (Å²) in [6.45, 7) is 1.41. The number of amides is 1. The Bertz CT molecular complexity index is 2160. The molecule has 1 heterocycles. The molecule has 7 rings (SSSR count). The number of hydrogen-bond acceptors (Lipinski definition) is 9. The molecule has 62 heavy (non-hydrogen) atoms. The summed E-state index contributed by atoms with van der Waals surface area (Å²) in [7, 11) is 3.34. The molecule has 6 aromatic rings. The van der Waals surface area contributed by atoms with Gasteiger partial charge in [-0.15, -0.1) is 0 Å². The van der Waals surface area contributed by atoms with Gasteiger partial charge in [0.1, 0.15) is 36.8 Å². The second-order valence-electron chi connectivity index (χ2n) is 15.1. The zero-order valence-corrected chi connectivity index (χ0v) is 35.3. The smallest absolute Gasteiger partial charge is 0.410 e. The minimum atomic E-state index is -0.971. The number of hydrogen-bond donors (Lipinski definition) is 0. The number of likely N-dealkylation sites (N-methyl/N-ethyl adjacent to an activating group) is 1. The normalized spacial score (nSPS) is 19.0. The molecule has 10 heteroatoms. The summed E-state index contributed by atoms with van der Waals surface area (Å²) >= 11 is 0. The molecule has 0 bridgehead atoms. The van der Waals surface area contributed by atoms with E-state index in [2.05, 4.69) is 0 Å². The highest BCUT2D eigenvalue weighted by Gasteiger charge is 2.53.